The minimum Gasteiger partial charge on any atom is -0.496 e. The molecule has 0 bridgehead atoms. The second-order valence-electron chi connectivity index (χ2n) is 3.05. The van der Waals surface area contributed by atoms with Crippen molar-refractivity contribution in [2.45, 2.75) is 0 Å². The quantitative estimate of drug-likeness (QED) is 0.618. The highest BCUT2D eigenvalue weighted by molar-refractivity contribution is 6.52. The number of Topliss-reactive ketones (excluding diaryl/α,β-unsaturated/α-hetero) is 1. The largest absolute Gasteiger partial charge is 0.496 e. The molecule has 1 aromatic carbocycles. The maximum atomic E-state index is 11.5. The molecule has 0 spiro atoms. The van der Waals surface area contributed by atoms with Gasteiger partial charge in [-0.3, -0.25) is 9.59 Å². The second kappa shape index (κ2) is 2.83. The fourth-order valence-electron chi connectivity index (χ4n) is 1.57. The predicted octanol–water partition coefficient (Wildman–Crippen LogP) is 0.854. The maximum absolute atomic E-state index is 11.5. The van der Waals surface area contributed by atoms with Crippen LogP contribution in [0.25, 0.3) is 0 Å². The van der Waals surface area contributed by atoms with E-state index >= 15 is 0 Å². The van der Waals surface area contributed by atoms with Gasteiger partial charge < -0.3 is 9.64 Å². The predicted molar refractivity (Wildman–Crippen MR) is 50.7 cm³/mol. The van der Waals surface area contributed by atoms with Gasteiger partial charge in [0.25, 0.3) is 11.7 Å². The van der Waals surface area contributed by atoms with E-state index in [1.54, 1.807) is 25.2 Å². The molecular formula is C10H9NO3. The zero-order chi connectivity index (χ0) is 10.3. The van der Waals surface area contributed by atoms with Crippen molar-refractivity contribution in [3.05, 3.63) is 23.8 Å². The average molecular weight is 191 g/mol. The molecule has 1 aromatic rings. The van der Waals surface area contributed by atoms with Crippen LogP contribution in [0.3, 0.4) is 0 Å². The van der Waals surface area contributed by atoms with E-state index in [1.807, 2.05) is 0 Å². The number of hydrogen-bond acceptors (Lipinski definition) is 3. The number of hydrogen-bond donors (Lipinski definition) is 0. The van der Waals surface area contributed by atoms with Crippen molar-refractivity contribution in [3.8, 4) is 5.75 Å². The average Bonchev–Trinajstić information content (AvgIpc) is 2.44. The number of nitrogens with zero attached hydrogens (tertiary/aromatic N) is 1. The summed E-state index contributed by atoms with van der Waals surface area (Å²) in [6.45, 7) is 0. The Labute approximate surface area is 81.1 Å². The van der Waals surface area contributed by atoms with Gasteiger partial charge in [-0.05, 0) is 12.1 Å². The van der Waals surface area contributed by atoms with E-state index in [0.717, 1.165) is 0 Å². The molecule has 2 rings (SSSR count). The van der Waals surface area contributed by atoms with Crippen LogP contribution in [0, 0.1) is 0 Å². The molecule has 1 amide bonds. The van der Waals surface area contributed by atoms with E-state index in [1.165, 1.54) is 12.0 Å². The Morgan fingerprint density at radius 1 is 1.29 bits per heavy atom. The summed E-state index contributed by atoms with van der Waals surface area (Å²) in [5.74, 6) is -0.561. The van der Waals surface area contributed by atoms with Gasteiger partial charge in [0, 0.05) is 7.05 Å². The topological polar surface area (TPSA) is 46.6 Å². The molecule has 0 unspecified atom stereocenters. The number of anilines is 1. The van der Waals surface area contributed by atoms with Crippen LogP contribution in [0.4, 0.5) is 5.69 Å². The first kappa shape index (κ1) is 8.74. The van der Waals surface area contributed by atoms with Gasteiger partial charge in [0.15, 0.2) is 0 Å². The van der Waals surface area contributed by atoms with E-state index in [2.05, 4.69) is 0 Å². The lowest BCUT2D eigenvalue weighted by Crippen LogP contribution is -2.24. The zero-order valence-corrected chi connectivity index (χ0v) is 7.90. The zero-order valence-electron chi connectivity index (χ0n) is 7.90. The Bertz CT molecular complexity index is 425. The Hall–Kier alpha value is -1.84. The molecule has 0 radical (unpaired) electrons. The molecule has 4 nitrogen and oxygen atoms in total. The first-order valence-corrected chi connectivity index (χ1v) is 4.16. The number of ether oxygens (including phenoxy) is 1. The summed E-state index contributed by atoms with van der Waals surface area (Å²) in [6, 6.07) is 5.14. The summed E-state index contributed by atoms with van der Waals surface area (Å²) in [5, 5.41) is 0. The lowest BCUT2D eigenvalue weighted by molar-refractivity contribution is -0.114. The van der Waals surface area contributed by atoms with E-state index in [4.69, 9.17) is 4.74 Å². The van der Waals surface area contributed by atoms with Crippen LogP contribution < -0.4 is 9.64 Å². The van der Waals surface area contributed by atoms with Crippen molar-refractivity contribution in [2.75, 3.05) is 19.1 Å². The van der Waals surface area contributed by atoms with Gasteiger partial charge in [-0.25, -0.2) is 0 Å². The van der Waals surface area contributed by atoms with Crippen LogP contribution in [-0.2, 0) is 4.79 Å². The molecule has 0 N–H and O–H groups in total. The van der Waals surface area contributed by atoms with Gasteiger partial charge in [0.1, 0.15) is 5.75 Å². The SMILES string of the molecule is COc1cccc2c1C(=O)C(=O)N2C. The van der Waals surface area contributed by atoms with Gasteiger partial charge in [-0.1, -0.05) is 6.07 Å². The molecule has 1 heterocycles. The third kappa shape index (κ3) is 0.937. The van der Waals surface area contributed by atoms with Crippen LogP contribution in [0.2, 0.25) is 0 Å². The highest BCUT2D eigenvalue weighted by Crippen LogP contribution is 2.34. The lowest BCUT2D eigenvalue weighted by Gasteiger charge is -2.09. The highest BCUT2D eigenvalue weighted by Gasteiger charge is 2.35. The number of methoxy groups -OCH3 is 1. The standard InChI is InChI=1S/C10H9NO3/c1-11-6-4-3-5-7(14-2)8(6)9(12)10(11)13/h3-5H,1-2H3. The van der Waals surface area contributed by atoms with Crippen molar-refractivity contribution >= 4 is 17.4 Å². The Morgan fingerprint density at radius 3 is 2.64 bits per heavy atom. The first-order valence-electron chi connectivity index (χ1n) is 4.16. The van der Waals surface area contributed by atoms with Crippen LogP contribution in [0.1, 0.15) is 10.4 Å². The molecule has 0 saturated heterocycles. The number of rotatable bonds is 1. The molecule has 4 heteroatoms. The molecule has 14 heavy (non-hydrogen) atoms. The van der Waals surface area contributed by atoms with Crippen molar-refractivity contribution in [2.24, 2.45) is 0 Å². The van der Waals surface area contributed by atoms with Gasteiger partial charge in [-0.2, -0.15) is 0 Å². The molecule has 1 aliphatic rings. The molecule has 0 saturated carbocycles. The third-order valence-corrected chi connectivity index (χ3v) is 2.31. The van der Waals surface area contributed by atoms with Gasteiger partial charge in [-0.15, -0.1) is 0 Å². The summed E-state index contributed by atoms with van der Waals surface area (Å²) in [4.78, 5) is 24.2. The van der Waals surface area contributed by atoms with Crippen LogP contribution in [-0.4, -0.2) is 25.8 Å². The number of carbonyl (C=O) groups excluding carboxylic acids is 2. The Balaban J connectivity index is 2.69. The summed E-state index contributed by atoms with van der Waals surface area (Å²) >= 11 is 0. The van der Waals surface area contributed by atoms with Crippen LogP contribution >= 0.6 is 0 Å². The van der Waals surface area contributed by atoms with E-state index in [-0.39, 0.29) is 0 Å². The second-order valence-corrected chi connectivity index (χ2v) is 3.05. The summed E-state index contributed by atoms with van der Waals surface area (Å²) in [5.41, 5.74) is 0.974. The molecule has 0 atom stereocenters. The third-order valence-electron chi connectivity index (χ3n) is 2.31. The smallest absolute Gasteiger partial charge is 0.299 e. The lowest BCUT2D eigenvalue weighted by atomic mass is 10.1. The van der Waals surface area contributed by atoms with Crippen molar-refractivity contribution in [1.29, 1.82) is 0 Å². The highest BCUT2D eigenvalue weighted by atomic mass is 16.5. The van der Waals surface area contributed by atoms with Crippen molar-refractivity contribution in [3.63, 3.8) is 0 Å². The van der Waals surface area contributed by atoms with Gasteiger partial charge in [0.05, 0.1) is 18.4 Å². The molecule has 0 fully saturated rings. The first-order chi connectivity index (χ1) is 6.66. The fraction of sp³-hybridized carbons (Fsp3) is 0.200. The van der Waals surface area contributed by atoms with E-state index in [0.29, 0.717) is 17.0 Å². The summed E-state index contributed by atoms with van der Waals surface area (Å²) in [7, 11) is 3.05. The number of likely N-dealkylation sites (N-methyl/N-ethyl adjacent to an activating group) is 1. The van der Waals surface area contributed by atoms with Crippen molar-refractivity contribution in [1.82, 2.24) is 0 Å². The normalized spacial score (nSPS) is 14.6. The Kier molecular flexibility index (Phi) is 1.77. The van der Waals surface area contributed by atoms with Crippen LogP contribution in [0.5, 0.6) is 5.75 Å². The number of ketones is 1. The molecule has 1 aliphatic heterocycles. The summed E-state index contributed by atoms with van der Waals surface area (Å²) < 4.78 is 5.02. The number of carbonyl (C=O) groups is 2. The number of fused-ring (bicyclic) bond motifs is 1. The minimum atomic E-state index is -0.510. The maximum Gasteiger partial charge on any atom is 0.299 e. The van der Waals surface area contributed by atoms with Gasteiger partial charge >= 0.3 is 0 Å². The van der Waals surface area contributed by atoms with Crippen LogP contribution in [0.15, 0.2) is 18.2 Å². The van der Waals surface area contributed by atoms with E-state index < -0.39 is 11.7 Å². The molecule has 0 aromatic heterocycles. The number of benzene rings is 1. The van der Waals surface area contributed by atoms with Gasteiger partial charge in [0.2, 0.25) is 0 Å². The minimum absolute atomic E-state index is 0.363. The molecule has 0 aliphatic carbocycles. The molecule has 72 valence electrons. The Morgan fingerprint density at radius 2 is 2.00 bits per heavy atom. The summed E-state index contributed by atoms with van der Waals surface area (Å²) in [6.07, 6.45) is 0. The number of amides is 1. The van der Waals surface area contributed by atoms with Crippen molar-refractivity contribution < 1.29 is 14.3 Å². The molecular weight excluding hydrogens is 182 g/mol. The van der Waals surface area contributed by atoms with E-state index in [9.17, 15) is 9.59 Å². The fourth-order valence-corrected chi connectivity index (χ4v) is 1.57. The monoisotopic (exact) mass is 191 g/mol.